The monoisotopic (exact) mass is 280 g/mol. The second-order valence-corrected chi connectivity index (χ2v) is 6.51. The van der Waals surface area contributed by atoms with Crippen molar-refractivity contribution in [3.63, 3.8) is 0 Å². The largest absolute Gasteiger partial charge is 0.309 e. The summed E-state index contributed by atoms with van der Waals surface area (Å²) in [5, 5.41) is 15.1. The van der Waals surface area contributed by atoms with E-state index in [2.05, 4.69) is 12.2 Å². The average molecular weight is 280 g/mol. The van der Waals surface area contributed by atoms with Gasteiger partial charge in [0.25, 0.3) is 5.69 Å². The molecule has 19 heavy (non-hydrogen) atoms. The van der Waals surface area contributed by atoms with Crippen LogP contribution >= 0.6 is 11.8 Å². The molecule has 1 aliphatic rings. The van der Waals surface area contributed by atoms with Crippen LogP contribution in [-0.2, 0) is 6.54 Å². The molecule has 1 fully saturated rings. The summed E-state index contributed by atoms with van der Waals surface area (Å²) in [6.45, 7) is 4.79. The van der Waals surface area contributed by atoms with Gasteiger partial charge in [0.2, 0.25) is 0 Å². The number of nitrogens with one attached hydrogen (secondary N) is 1. The smallest absolute Gasteiger partial charge is 0.272 e. The molecule has 1 N–H and O–H groups in total. The molecule has 0 radical (unpaired) electrons. The summed E-state index contributed by atoms with van der Waals surface area (Å²) in [6.07, 6.45) is 2.45. The zero-order chi connectivity index (χ0) is 13.8. The summed E-state index contributed by atoms with van der Waals surface area (Å²) in [6, 6.07) is 5.81. The molecule has 0 saturated carbocycles. The van der Waals surface area contributed by atoms with Crippen molar-refractivity contribution in [2.45, 2.75) is 44.5 Å². The standard InChI is InChI=1S/C14H20N2O2S/c1-10-12(5-3-7-14(10)16(17)18)9-15-13-6-4-8-19-11(13)2/h3,5,7,11,13,15H,4,6,8-9H2,1-2H3. The maximum atomic E-state index is 10.9. The van der Waals surface area contributed by atoms with Gasteiger partial charge in [0.1, 0.15) is 0 Å². The van der Waals surface area contributed by atoms with E-state index in [4.69, 9.17) is 0 Å². The topological polar surface area (TPSA) is 55.2 Å². The number of hydrogen-bond donors (Lipinski definition) is 1. The molecule has 0 amide bonds. The summed E-state index contributed by atoms with van der Waals surface area (Å²) in [5.74, 6) is 1.25. The highest BCUT2D eigenvalue weighted by Gasteiger charge is 2.21. The van der Waals surface area contributed by atoms with Gasteiger partial charge < -0.3 is 5.32 Å². The van der Waals surface area contributed by atoms with Crippen molar-refractivity contribution in [3.8, 4) is 0 Å². The van der Waals surface area contributed by atoms with Crippen LogP contribution in [0.2, 0.25) is 0 Å². The summed E-state index contributed by atoms with van der Waals surface area (Å²) in [7, 11) is 0. The number of nitro groups is 1. The highest BCUT2D eigenvalue weighted by atomic mass is 32.2. The molecule has 1 aromatic rings. The molecule has 1 heterocycles. The van der Waals surface area contributed by atoms with E-state index in [-0.39, 0.29) is 10.6 Å². The van der Waals surface area contributed by atoms with Gasteiger partial charge in [-0.25, -0.2) is 0 Å². The summed E-state index contributed by atoms with van der Waals surface area (Å²) in [4.78, 5) is 10.6. The van der Waals surface area contributed by atoms with Crippen LogP contribution < -0.4 is 5.32 Å². The van der Waals surface area contributed by atoms with Gasteiger partial charge in [-0.05, 0) is 31.1 Å². The number of hydrogen-bond acceptors (Lipinski definition) is 4. The molecule has 4 nitrogen and oxygen atoms in total. The summed E-state index contributed by atoms with van der Waals surface area (Å²) in [5.41, 5.74) is 2.01. The summed E-state index contributed by atoms with van der Waals surface area (Å²) >= 11 is 2.00. The fraction of sp³-hybridized carbons (Fsp3) is 0.571. The summed E-state index contributed by atoms with van der Waals surface area (Å²) < 4.78 is 0. The molecule has 0 aromatic heterocycles. The first-order valence-electron chi connectivity index (χ1n) is 6.67. The van der Waals surface area contributed by atoms with E-state index in [0.29, 0.717) is 17.8 Å². The number of nitro benzene ring substituents is 1. The molecular weight excluding hydrogens is 260 g/mol. The van der Waals surface area contributed by atoms with Gasteiger partial charge >= 0.3 is 0 Å². The first-order chi connectivity index (χ1) is 9.09. The Bertz CT molecular complexity index is 465. The molecule has 2 unspecified atom stereocenters. The third-order valence-corrected chi connectivity index (χ3v) is 5.15. The minimum Gasteiger partial charge on any atom is -0.309 e. The Hall–Kier alpha value is -1.07. The Balaban J connectivity index is 2.03. The zero-order valence-corrected chi connectivity index (χ0v) is 12.2. The van der Waals surface area contributed by atoms with E-state index < -0.39 is 0 Å². The van der Waals surface area contributed by atoms with Gasteiger partial charge in [-0.2, -0.15) is 11.8 Å². The molecule has 5 heteroatoms. The third kappa shape index (κ3) is 3.48. The lowest BCUT2D eigenvalue weighted by atomic mass is 10.0. The van der Waals surface area contributed by atoms with Gasteiger partial charge in [-0.15, -0.1) is 0 Å². The van der Waals surface area contributed by atoms with Crippen LogP contribution in [0.3, 0.4) is 0 Å². The lowest BCUT2D eigenvalue weighted by Crippen LogP contribution is -2.38. The lowest BCUT2D eigenvalue weighted by molar-refractivity contribution is -0.385. The van der Waals surface area contributed by atoms with Crippen LogP contribution in [0.4, 0.5) is 5.69 Å². The Morgan fingerprint density at radius 1 is 1.53 bits per heavy atom. The third-order valence-electron chi connectivity index (χ3n) is 3.78. The molecular formula is C14H20N2O2S. The number of benzene rings is 1. The number of thioether (sulfide) groups is 1. The zero-order valence-electron chi connectivity index (χ0n) is 11.4. The highest BCUT2D eigenvalue weighted by molar-refractivity contribution is 7.99. The fourth-order valence-electron chi connectivity index (χ4n) is 2.49. The first kappa shape index (κ1) is 14.3. The lowest BCUT2D eigenvalue weighted by Gasteiger charge is -2.29. The van der Waals surface area contributed by atoms with Crippen LogP contribution in [0.25, 0.3) is 0 Å². The molecule has 0 aliphatic carbocycles. The van der Waals surface area contributed by atoms with Crippen molar-refractivity contribution in [3.05, 3.63) is 39.4 Å². The predicted molar refractivity (Wildman–Crippen MR) is 79.6 cm³/mol. The van der Waals surface area contributed by atoms with Crippen molar-refractivity contribution in [2.75, 3.05) is 5.75 Å². The second kappa shape index (κ2) is 6.39. The number of nitrogens with zero attached hydrogens (tertiary/aromatic N) is 1. The second-order valence-electron chi connectivity index (χ2n) is 5.02. The van der Waals surface area contributed by atoms with Crippen LogP contribution in [0, 0.1) is 17.0 Å². The van der Waals surface area contributed by atoms with Crippen LogP contribution in [-0.4, -0.2) is 22.0 Å². The van der Waals surface area contributed by atoms with Crippen molar-refractivity contribution in [2.24, 2.45) is 0 Å². The Kier molecular flexibility index (Phi) is 4.82. The van der Waals surface area contributed by atoms with E-state index in [0.717, 1.165) is 11.1 Å². The van der Waals surface area contributed by atoms with Gasteiger partial charge in [-0.1, -0.05) is 19.1 Å². The van der Waals surface area contributed by atoms with Crippen LogP contribution in [0.5, 0.6) is 0 Å². The Labute approximate surface area is 118 Å². The molecule has 1 aliphatic heterocycles. The van der Waals surface area contributed by atoms with Crippen LogP contribution in [0.15, 0.2) is 18.2 Å². The minimum absolute atomic E-state index is 0.213. The van der Waals surface area contributed by atoms with E-state index in [1.54, 1.807) is 12.1 Å². The van der Waals surface area contributed by atoms with E-state index in [1.807, 2.05) is 24.8 Å². The molecule has 1 saturated heterocycles. The fourth-order valence-corrected chi connectivity index (χ4v) is 3.66. The molecule has 2 atom stereocenters. The molecule has 1 aromatic carbocycles. The SMILES string of the molecule is Cc1c(CNC2CCCSC2C)cccc1[N+](=O)[O-]. The van der Waals surface area contributed by atoms with Crippen LogP contribution in [0.1, 0.15) is 30.9 Å². The van der Waals surface area contributed by atoms with Crippen molar-refractivity contribution >= 4 is 17.4 Å². The molecule has 2 rings (SSSR count). The average Bonchev–Trinajstić information content (AvgIpc) is 2.39. The van der Waals surface area contributed by atoms with Crippen molar-refractivity contribution < 1.29 is 4.92 Å². The van der Waals surface area contributed by atoms with E-state index in [9.17, 15) is 10.1 Å². The molecule has 0 bridgehead atoms. The molecule has 104 valence electrons. The predicted octanol–water partition coefficient (Wildman–Crippen LogP) is 3.28. The van der Waals surface area contributed by atoms with Crippen molar-refractivity contribution in [1.29, 1.82) is 0 Å². The normalized spacial score (nSPS) is 23.3. The first-order valence-corrected chi connectivity index (χ1v) is 7.72. The van der Waals surface area contributed by atoms with E-state index in [1.165, 1.54) is 18.6 Å². The van der Waals surface area contributed by atoms with Gasteiger partial charge in [-0.3, -0.25) is 10.1 Å². The van der Waals surface area contributed by atoms with Gasteiger partial charge in [0.05, 0.1) is 4.92 Å². The van der Waals surface area contributed by atoms with Gasteiger partial charge in [0.15, 0.2) is 0 Å². The molecule has 0 spiro atoms. The Morgan fingerprint density at radius 2 is 2.32 bits per heavy atom. The van der Waals surface area contributed by atoms with E-state index >= 15 is 0 Å². The highest BCUT2D eigenvalue weighted by Crippen LogP contribution is 2.26. The Morgan fingerprint density at radius 3 is 3.00 bits per heavy atom. The van der Waals surface area contributed by atoms with Gasteiger partial charge in [0, 0.05) is 29.5 Å². The number of rotatable bonds is 4. The maximum absolute atomic E-state index is 10.9. The minimum atomic E-state index is -0.308. The van der Waals surface area contributed by atoms with Crippen molar-refractivity contribution in [1.82, 2.24) is 5.32 Å². The maximum Gasteiger partial charge on any atom is 0.272 e. The quantitative estimate of drug-likeness (QED) is 0.679.